The van der Waals surface area contributed by atoms with Gasteiger partial charge in [-0.3, -0.25) is 9.59 Å². The number of rotatable bonds is 9. The average molecular weight is 440 g/mol. The summed E-state index contributed by atoms with van der Waals surface area (Å²) in [5.41, 5.74) is 4.41. The molecule has 0 heterocycles. The van der Waals surface area contributed by atoms with Crippen molar-refractivity contribution in [3.8, 4) is 11.1 Å². The maximum Gasteiger partial charge on any atom is 0.407 e. The quantitative estimate of drug-likeness (QED) is 0.553. The van der Waals surface area contributed by atoms with Gasteiger partial charge < -0.3 is 25.2 Å². The number of carboxylic acid groups (broad SMARTS) is 1. The number of nitrogens with one attached hydrogen (secondary N) is 2. The van der Waals surface area contributed by atoms with Crippen LogP contribution in [0.5, 0.6) is 0 Å². The summed E-state index contributed by atoms with van der Waals surface area (Å²) in [6.45, 7) is 3.33. The summed E-state index contributed by atoms with van der Waals surface area (Å²) in [4.78, 5) is 36.0. The first kappa shape index (κ1) is 23.3. The predicted octanol–water partition coefficient (Wildman–Crippen LogP) is 2.91. The van der Waals surface area contributed by atoms with Crippen LogP contribution in [0.1, 0.15) is 37.3 Å². The third kappa shape index (κ3) is 5.26. The first-order valence-electron chi connectivity index (χ1n) is 10.5. The second-order valence-corrected chi connectivity index (χ2v) is 7.90. The lowest BCUT2D eigenvalue weighted by Gasteiger charge is -2.25. The molecule has 1 aliphatic carbocycles. The number of alkyl carbamates (subject to hydrolysis) is 1. The molecule has 0 saturated heterocycles. The van der Waals surface area contributed by atoms with E-state index >= 15 is 0 Å². The third-order valence-corrected chi connectivity index (χ3v) is 5.61. The van der Waals surface area contributed by atoms with Crippen molar-refractivity contribution in [2.75, 3.05) is 13.7 Å². The van der Waals surface area contributed by atoms with E-state index in [-0.39, 0.29) is 18.9 Å². The number of fused-ring (bicyclic) bond motifs is 3. The molecular weight excluding hydrogens is 412 g/mol. The van der Waals surface area contributed by atoms with Crippen LogP contribution < -0.4 is 10.6 Å². The topological polar surface area (TPSA) is 114 Å². The van der Waals surface area contributed by atoms with Gasteiger partial charge in [0.05, 0.1) is 12.5 Å². The molecule has 2 amide bonds. The number of methoxy groups -OCH3 is 1. The van der Waals surface area contributed by atoms with Crippen molar-refractivity contribution < 1.29 is 29.0 Å². The number of carbonyl (C=O) groups is 3. The largest absolute Gasteiger partial charge is 0.481 e. The van der Waals surface area contributed by atoms with Crippen LogP contribution >= 0.6 is 0 Å². The monoisotopic (exact) mass is 440 g/mol. The number of amides is 2. The highest BCUT2D eigenvalue weighted by atomic mass is 16.5. The maximum atomic E-state index is 12.6. The zero-order chi connectivity index (χ0) is 23.3. The fourth-order valence-corrected chi connectivity index (χ4v) is 3.94. The lowest BCUT2D eigenvalue weighted by Crippen LogP contribution is -2.54. The van der Waals surface area contributed by atoms with Crippen molar-refractivity contribution in [3.05, 3.63) is 59.7 Å². The summed E-state index contributed by atoms with van der Waals surface area (Å²) in [7, 11) is 1.42. The second-order valence-electron chi connectivity index (χ2n) is 7.90. The SMILES string of the molecule is COC(C)C(NC(=O)OCC1c2ccccc2-c2ccccc21)C(=O)N[C@@H](C)CC(=O)O. The van der Waals surface area contributed by atoms with Crippen LogP contribution in [0, 0.1) is 0 Å². The molecule has 3 rings (SSSR count). The molecule has 2 aromatic rings. The maximum absolute atomic E-state index is 12.6. The van der Waals surface area contributed by atoms with Crippen LogP contribution in [0.15, 0.2) is 48.5 Å². The Bertz CT molecular complexity index is 946. The van der Waals surface area contributed by atoms with Crippen molar-refractivity contribution in [2.24, 2.45) is 0 Å². The zero-order valence-electron chi connectivity index (χ0n) is 18.3. The molecule has 0 aromatic heterocycles. The summed E-state index contributed by atoms with van der Waals surface area (Å²) < 4.78 is 10.7. The summed E-state index contributed by atoms with van der Waals surface area (Å²) in [5.74, 6) is -1.67. The minimum absolute atomic E-state index is 0.101. The highest BCUT2D eigenvalue weighted by Gasteiger charge is 2.31. The van der Waals surface area contributed by atoms with E-state index in [9.17, 15) is 14.4 Å². The molecule has 0 aliphatic heterocycles. The predicted molar refractivity (Wildman–Crippen MR) is 118 cm³/mol. The van der Waals surface area contributed by atoms with Gasteiger partial charge in [-0.1, -0.05) is 48.5 Å². The lowest BCUT2D eigenvalue weighted by molar-refractivity contribution is -0.137. The van der Waals surface area contributed by atoms with Crippen LogP contribution in [-0.2, 0) is 19.1 Å². The van der Waals surface area contributed by atoms with E-state index in [1.54, 1.807) is 13.8 Å². The normalized spacial score (nSPS) is 15.1. The summed E-state index contributed by atoms with van der Waals surface area (Å²) in [6.07, 6.45) is -1.63. The number of aliphatic carboxylic acids is 1. The number of hydrogen-bond donors (Lipinski definition) is 3. The van der Waals surface area contributed by atoms with Gasteiger partial charge in [0.25, 0.3) is 0 Å². The first-order chi connectivity index (χ1) is 15.3. The molecule has 8 heteroatoms. The number of carbonyl (C=O) groups excluding carboxylic acids is 2. The first-order valence-corrected chi connectivity index (χ1v) is 10.5. The molecule has 0 bridgehead atoms. The molecule has 2 unspecified atom stereocenters. The van der Waals surface area contributed by atoms with Crippen molar-refractivity contribution >= 4 is 18.0 Å². The highest BCUT2D eigenvalue weighted by Crippen LogP contribution is 2.44. The van der Waals surface area contributed by atoms with E-state index in [0.29, 0.717) is 0 Å². The van der Waals surface area contributed by atoms with Gasteiger partial charge in [-0.25, -0.2) is 4.79 Å². The van der Waals surface area contributed by atoms with Crippen LogP contribution in [-0.4, -0.2) is 55.0 Å². The summed E-state index contributed by atoms with van der Waals surface area (Å²) in [5, 5.41) is 14.0. The Morgan fingerprint density at radius 1 is 0.969 bits per heavy atom. The Morgan fingerprint density at radius 2 is 1.53 bits per heavy atom. The minimum atomic E-state index is -1.04. The summed E-state index contributed by atoms with van der Waals surface area (Å²) >= 11 is 0. The van der Waals surface area contributed by atoms with Crippen LogP contribution in [0.4, 0.5) is 4.79 Å². The molecule has 3 N–H and O–H groups in total. The highest BCUT2D eigenvalue weighted by molar-refractivity contribution is 5.87. The Balaban J connectivity index is 1.66. The Kier molecular flexibility index (Phi) is 7.48. The molecule has 0 spiro atoms. The number of benzene rings is 2. The average Bonchev–Trinajstić information content (AvgIpc) is 3.08. The van der Waals surface area contributed by atoms with Crippen molar-refractivity contribution in [1.82, 2.24) is 10.6 Å². The molecule has 170 valence electrons. The molecule has 8 nitrogen and oxygen atoms in total. The van der Waals surface area contributed by atoms with Crippen LogP contribution in [0.3, 0.4) is 0 Å². The number of ether oxygens (including phenoxy) is 2. The number of carboxylic acids is 1. The third-order valence-electron chi connectivity index (χ3n) is 5.61. The molecule has 0 fully saturated rings. The van der Waals surface area contributed by atoms with Gasteiger partial charge in [0.2, 0.25) is 5.91 Å². The molecule has 3 atom stereocenters. The van der Waals surface area contributed by atoms with Crippen LogP contribution in [0.2, 0.25) is 0 Å². The zero-order valence-corrected chi connectivity index (χ0v) is 18.3. The van der Waals surface area contributed by atoms with Crippen molar-refractivity contribution in [1.29, 1.82) is 0 Å². The summed E-state index contributed by atoms with van der Waals surface area (Å²) in [6, 6.07) is 14.4. The van der Waals surface area contributed by atoms with Crippen molar-refractivity contribution in [3.63, 3.8) is 0 Å². The Morgan fingerprint density at radius 3 is 2.06 bits per heavy atom. The second kappa shape index (κ2) is 10.3. The van der Waals surface area contributed by atoms with E-state index in [1.165, 1.54) is 7.11 Å². The minimum Gasteiger partial charge on any atom is -0.481 e. The van der Waals surface area contributed by atoms with E-state index < -0.39 is 36.2 Å². The van der Waals surface area contributed by atoms with Crippen molar-refractivity contribution in [2.45, 2.75) is 44.4 Å². The smallest absolute Gasteiger partial charge is 0.407 e. The molecule has 2 aromatic carbocycles. The molecule has 0 radical (unpaired) electrons. The van der Waals surface area contributed by atoms with Gasteiger partial charge in [-0.15, -0.1) is 0 Å². The molecule has 0 saturated carbocycles. The van der Waals surface area contributed by atoms with E-state index in [4.69, 9.17) is 14.6 Å². The Labute approximate surface area is 186 Å². The van der Waals surface area contributed by atoms with E-state index in [0.717, 1.165) is 22.3 Å². The van der Waals surface area contributed by atoms with Gasteiger partial charge in [0, 0.05) is 19.1 Å². The standard InChI is InChI=1S/C24H28N2O6/c1-14(12-21(27)28)25-23(29)22(15(2)31-3)26-24(30)32-13-20-18-10-6-4-8-16(18)17-9-5-7-11-19(17)20/h4-11,14-15,20,22H,12-13H2,1-3H3,(H,25,29)(H,26,30)(H,27,28)/t14-,15?,22?/m0/s1. The number of hydrogen-bond acceptors (Lipinski definition) is 5. The lowest BCUT2D eigenvalue weighted by atomic mass is 9.98. The molecular formula is C24H28N2O6. The van der Waals surface area contributed by atoms with E-state index in [1.807, 2.05) is 48.5 Å². The molecule has 32 heavy (non-hydrogen) atoms. The Hall–Kier alpha value is -3.39. The van der Waals surface area contributed by atoms with Gasteiger partial charge in [-0.2, -0.15) is 0 Å². The van der Waals surface area contributed by atoms with Gasteiger partial charge in [0.1, 0.15) is 12.6 Å². The van der Waals surface area contributed by atoms with Gasteiger partial charge in [0.15, 0.2) is 0 Å². The van der Waals surface area contributed by atoms with Crippen LogP contribution in [0.25, 0.3) is 11.1 Å². The van der Waals surface area contributed by atoms with Gasteiger partial charge >= 0.3 is 12.1 Å². The van der Waals surface area contributed by atoms with E-state index in [2.05, 4.69) is 10.6 Å². The molecule has 1 aliphatic rings. The fraction of sp³-hybridized carbons (Fsp3) is 0.375. The van der Waals surface area contributed by atoms with Gasteiger partial charge in [-0.05, 0) is 36.1 Å². The fourth-order valence-electron chi connectivity index (χ4n) is 3.94.